The topological polar surface area (TPSA) is 238 Å². The normalized spacial score (nSPS) is 20.5. The summed E-state index contributed by atoms with van der Waals surface area (Å²) < 4.78 is 0. The van der Waals surface area contributed by atoms with E-state index in [1.54, 1.807) is 45.0 Å². The number of rotatable bonds is 6. The highest BCUT2D eigenvalue weighted by Gasteiger charge is 2.34. The molecular weight excluding hydrogens is 548 g/mol. The molecule has 15 nitrogen and oxygen atoms in total. The Morgan fingerprint density at radius 1 is 1.10 bits per heavy atom. The monoisotopic (exact) mass is 590 g/mol. The maximum Gasteiger partial charge on any atom is 0.290 e. The number of hydrogen-bond donors (Lipinski definition) is 7. The molecule has 1 aliphatic rings. The van der Waals surface area contributed by atoms with E-state index in [1.165, 1.54) is 11.9 Å². The van der Waals surface area contributed by atoms with Crippen LogP contribution in [-0.2, 0) is 30.5 Å². The van der Waals surface area contributed by atoms with Crippen molar-refractivity contribution in [3.8, 4) is 0 Å². The van der Waals surface area contributed by atoms with Gasteiger partial charge in [-0.1, -0.05) is 32.9 Å². The molecule has 3 atom stereocenters. The highest BCUT2D eigenvalue weighted by Crippen LogP contribution is 2.14. The first kappa shape index (κ1) is 35.3. The van der Waals surface area contributed by atoms with Gasteiger partial charge in [-0.05, 0) is 42.9 Å². The Hall–Kier alpha value is -4.69. The molecule has 1 aliphatic heterocycles. The van der Waals surface area contributed by atoms with Gasteiger partial charge in [-0.25, -0.2) is 0 Å². The fourth-order valence-corrected chi connectivity index (χ4v) is 4.12. The van der Waals surface area contributed by atoms with Gasteiger partial charge in [0.15, 0.2) is 5.96 Å². The molecule has 42 heavy (non-hydrogen) atoms. The van der Waals surface area contributed by atoms with Crippen LogP contribution in [0.2, 0.25) is 0 Å². The van der Waals surface area contributed by atoms with Crippen LogP contribution >= 0.6 is 0 Å². The molecule has 1 heterocycles. The average molecular weight is 591 g/mol. The number of benzene rings is 1. The molecule has 1 aromatic rings. The SMILES string of the molecule is CCC1NC(=O)CNC(=O)C(CCCN=C(N)N)N(C)C(=O)C(C(C)C)NC(=O)c2cccc(c2)CNC1=O.O=CO. The number of likely N-dealkylation sites (N-methyl/N-ethyl adjacent to an activating group) is 1. The summed E-state index contributed by atoms with van der Waals surface area (Å²) in [5.41, 5.74) is 11.8. The van der Waals surface area contributed by atoms with Crippen LogP contribution in [0.4, 0.5) is 0 Å². The zero-order valence-electron chi connectivity index (χ0n) is 24.4. The first-order valence-electron chi connectivity index (χ1n) is 13.5. The van der Waals surface area contributed by atoms with Crippen LogP contribution in [0.3, 0.4) is 0 Å². The first-order valence-corrected chi connectivity index (χ1v) is 13.5. The van der Waals surface area contributed by atoms with Gasteiger partial charge in [0.1, 0.15) is 18.1 Å². The second-order valence-electron chi connectivity index (χ2n) is 9.88. The maximum atomic E-state index is 13.6. The predicted octanol–water partition coefficient (Wildman–Crippen LogP) is -1.34. The molecular formula is C27H42N8O7. The van der Waals surface area contributed by atoms with Crippen molar-refractivity contribution >= 4 is 42.0 Å². The molecule has 0 saturated heterocycles. The molecule has 1 aromatic carbocycles. The lowest BCUT2D eigenvalue weighted by molar-refractivity contribution is -0.141. The van der Waals surface area contributed by atoms with E-state index in [9.17, 15) is 24.0 Å². The summed E-state index contributed by atoms with van der Waals surface area (Å²) >= 11 is 0. The molecule has 2 bridgehead atoms. The smallest absolute Gasteiger partial charge is 0.290 e. The summed E-state index contributed by atoms with van der Waals surface area (Å²) in [6.45, 7) is 5.07. The van der Waals surface area contributed by atoms with Gasteiger partial charge in [0, 0.05) is 25.7 Å². The second kappa shape index (κ2) is 17.9. The Balaban J connectivity index is 0.00000281. The third-order valence-electron chi connectivity index (χ3n) is 6.41. The lowest BCUT2D eigenvalue weighted by atomic mass is 10.00. The number of aliphatic imine (C=N–C) groups is 1. The van der Waals surface area contributed by atoms with Gasteiger partial charge in [0.2, 0.25) is 23.6 Å². The molecule has 232 valence electrons. The van der Waals surface area contributed by atoms with Crippen molar-refractivity contribution in [2.75, 3.05) is 20.1 Å². The van der Waals surface area contributed by atoms with Crippen LogP contribution in [0.25, 0.3) is 0 Å². The lowest BCUT2D eigenvalue weighted by Crippen LogP contribution is -2.57. The van der Waals surface area contributed by atoms with Crippen LogP contribution in [0.5, 0.6) is 0 Å². The van der Waals surface area contributed by atoms with Crippen LogP contribution < -0.4 is 32.7 Å². The van der Waals surface area contributed by atoms with E-state index in [-0.39, 0.29) is 44.4 Å². The number of nitrogens with zero attached hydrogens (tertiary/aromatic N) is 2. The zero-order valence-corrected chi connectivity index (χ0v) is 24.4. The zero-order chi connectivity index (χ0) is 31.8. The molecule has 3 unspecified atom stereocenters. The Bertz CT molecular complexity index is 1140. The Morgan fingerprint density at radius 3 is 2.33 bits per heavy atom. The highest BCUT2D eigenvalue weighted by atomic mass is 16.3. The summed E-state index contributed by atoms with van der Waals surface area (Å²) in [5.74, 6) is -2.81. The fourth-order valence-electron chi connectivity index (χ4n) is 4.12. The van der Waals surface area contributed by atoms with Crippen LogP contribution in [-0.4, -0.2) is 90.2 Å². The number of guanidine groups is 1. The van der Waals surface area contributed by atoms with Crippen molar-refractivity contribution in [2.45, 2.75) is 64.7 Å². The molecule has 0 aliphatic carbocycles. The van der Waals surface area contributed by atoms with Gasteiger partial charge >= 0.3 is 0 Å². The largest absolute Gasteiger partial charge is 0.483 e. The van der Waals surface area contributed by atoms with Crippen LogP contribution in [0.15, 0.2) is 29.3 Å². The highest BCUT2D eigenvalue weighted by molar-refractivity contribution is 5.99. The minimum Gasteiger partial charge on any atom is -0.483 e. The van der Waals surface area contributed by atoms with E-state index in [0.29, 0.717) is 24.0 Å². The first-order chi connectivity index (χ1) is 19.9. The van der Waals surface area contributed by atoms with Gasteiger partial charge < -0.3 is 42.7 Å². The fraction of sp³-hybridized carbons (Fsp3) is 0.519. The molecule has 15 heteroatoms. The number of carbonyl (C=O) groups excluding carboxylic acids is 5. The van der Waals surface area contributed by atoms with Crippen molar-refractivity contribution in [3.63, 3.8) is 0 Å². The Kier molecular flexibility index (Phi) is 15.0. The van der Waals surface area contributed by atoms with Gasteiger partial charge in [0.25, 0.3) is 12.4 Å². The van der Waals surface area contributed by atoms with E-state index in [0.717, 1.165) is 0 Å². The quantitative estimate of drug-likeness (QED) is 0.0897. The van der Waals surface area contributed by atoms with Crippen LogP contribution in [0, 0.1) is 5.92 Å². The van der Waals surface area contributed by atoms with Gasteiger partial charge in [0.05, 0.1) is 6.54 Å². The minimum absolute atomic E-state index is 0.0913. The third kappa shape index (κ3) is 11.4. The standard InChI is InChI=1S/C26H40N8O5.CH2O2/c1-5-18-23(37)30-13-16-8-6-9-17(12-16)22(36)33-21(15(2)3)25(39)34(4)19(10-7-11-29-26(27)28)24(38)31-14-20(35)32-18;2-1-3/h6,8-9,12,15,18-19,21H,5,7,10-11,13-14H2,1-4H3,(H,30,37)(H,31,38)(H,32,35)(H,33,36)(H4,27,28,29);1H,(H,2,3). The van der Waals surface area contributed by atoms with Crippen molar-refractivity contribution < 1.29 is 33.9 Å². The predicted molar refractivity (Wildman–Crippen MR) is 155 cm³/mol. The van der Waals surface area contributed by atoms with E-state index >= 15 is 0 Å². The maximum absolute atomic E-state index is 13.6. The van der Waals surface area contributed by atoms with Crippen molar-refractivity contribution in [1.29, 1.82) is 0 Å². The van der Waals surface area contributed by atoms with Crippen molar-refractivity contribution in [3.05, 3.63) is 35.4 Å². The second-order valence-corrected chi connectivity index (χ2v) is 9.88. The van der Waals surface area contributed by atoms with Crippen molar-refractivity contribution in [1.82, 2.24) is 26.2 Å². The molecule has 5 amide bonds. The number of carbonyl (C=O) groups is 6. The number of hydrogen-bond acceptors (Lipinski definition) is 7. The number of nitrogens with one attached hydrogen (secondary N) is 4. The molecule has 0 fully saturated rings. The van der Waals surface area contributed by atoms with E-state index in [4.69, 9.17) is 21.4 Å². The van der Waals surface area contributed by atoms with Crippen LogP contribution in [0.1, 0.15) is 56.0 Å². The van der Waals surface area contributed by atoms with Gasteiger partial charge in [-0.2, -0.15) is 0 Å². The molecule has 9 N–H and O–H groups in total. The van der Waals surface area contributed by atoms with E-state index < -0.39 is 47.7 Å². The number of nitrogens with two attached hydrogens (primary N) is 2. The summed E-state index contributed by atoms with van der Waals surface area (Å²) in [5, 5.41) is 17.6. The third-order valence-corrected chi connectivity index (χ3v) is 6.41. The molecule has 0 radical (unpaired) electrons. The van der Waals surface area contributed by atoms with E-state index in [1.807, 2.05) is 0 Å². The summed E-state index contributed by atoms with van der Waals surface area (Å²) in [4.78, 5) is 78.7. The molecule has 0 spiro atoms. The minimum atomic E-state index is -0.967. The number of amides is 5. The van der Waals surface area contributed by atoms with E-state index in [2.05, 4.69) is 26.3 Å². The summed E-state index contributed by atoms with van der Waals surface area (Å²) in [6.07, 6.45) is 0.909. The van der Waals surface area contributed by atoms with Gasteiger partial charge in [-0.15, -0.1) is 0 Å². The summed E-state index contributed by atoms with van der Waals surface area (Å²) in [6, 6.07) is 3.98. The average Bonchev–Trinajstić information content (AvgIpc) is 2.95. The van der Waals surface area contributed by atoms with Gasteiger partial charge in [-0.3, -0.25) is 33.8 Å². The Morgan fingerprint density at radius 2 is 1.74 bits per heavy atom. The summed E-state index contributed by atoms with van der Waals surface area (Å²) in [7, 11) is 1.48. The number of carboxylic acid groups (broad SMARTS) is 1. The van der Waals surface area contributed by atoms with Crippen molar-refractivity contribution in [2.24, 2.45) is 22.4 Å². The lowest BCUT2D eigenvalue weighted by Gasteiger charge is -2.32. The molecule has 2 rings (SSSR count). The molecule has 0 aromatic heterocycles. The number of fused-ring (bicyclic) bond motifs is 2. The Labute approximate surface area is 244 Å². The molecule has 0 saturated carbocycles.